The van der Waals surface area contributed by atoms with E-state index in [1.807, 2.05) is 18.2 Å². The summed E-state index contributed by atoms with van der Waals surface area (Å²) >= 11 is 0. The van der Waals surface area contributed by atoms with Gasteiger partial charge in [-0.2, -0.15) is 0 Å². The molecule has 1 fully saturated rings. The van der Waals surface area contributed by atoms with Crippen LogP contribution in [0.2, 0.25) is 0 Å². The molecule has 2 unspecified atom stereocenters. The number of carbonyl (C=O) groups excluding carboxylic acids is 1. The Morgan fingerprint density at radius 3 is 2.74 bits per heavy atom. The summed E-state index contributed by atoms with van der Waals surface area (Å²) in [6, 6.07) is 10.3. The first-order valence-electron chi connectivity index (χ1n) is 6.62. The van der Waals surface area contributed by atoms with E-state index in [0.29, 0.717) is 6.42 Å². The van der Waals surface area contributed by atoms with Gasteiger partial charge in [0.25, 0.3) is 0 Å². The van der Waals surface area contributed by atoms with E-state index in [1.54, 1.807) is 0 Å². The van der Waals surface area contributed by atoms with Crippen molar-refractivity contribution in [3.8, 4) is 0 Å². The van der Waals surface area contributed by atoms with E-state index < -0.39 is 5.81 Å². The van der Waals surface area contributed by atoms with Gasteiger partial charge in [-0.15, -0.1) is 0 Å². The molecule has 1 aromatic rings. The second-order valence-corrected chi connectivity index (χ2v) is 5.07. The SMILES string of the molecule is [B]C(=O)NC1CN(Cc2ccccc2)CC1CCO. The molecule has 100 valence electrons. The number of rotatable bonds is 5. The topological polar surface area (TPSA) is 52.6 Å². The largest absolute Gasteiger partial charge is 0.396 e. The Balaban J connectivity index is 1.95. The van der Waals surface area contributed by atoms with E-state index in [2.05, 4.69) is 22.3 Å². The minimum Gasteiger partial charge on any atom is -0.396 e. The van der Waals surface area contributed by atoms with Crippen molar-refractivity contribution in [2.24, 2.45) is 5.92 Å². The molecule has 1 heterocycles. The van der Waals surface area contributed by atoms with Gasteiger partial charge in [0.05, 0.1) is 0 Å². The van der Waals surface area contributed by atoms with Crippen LogP contribution < -0.4 is 5.32 Å². The lowest BCUT2D eigenvalue weighted by molar-refractivity contribution is 0.236. The average Bonchev–Trinajstić information content (AvgIpc) is 2.72. The van der Waals surface area contributed by atoms with Crippen molar-refractivity contribution in [1.29, 1.82) is 0 Å². The maximum absolute atomic E-state index is 11.0. The van der Waals surface area contributed by atoms with Crippen molar-refractivity contribution < 1.29 is 9.90 Å². The molecule has 2 atom stereocenters. The maximum atomic E-state index is 11.0. The molecule has 1 aliphatic heterocycles. The van der Waals surface area contributed by atoms with Gasteiger partial charge in [0.2, 0.25) is 7.85 Å². The number of hydrogen-bond acceptors (Lipinski definition) is 3. The lowest BCUT2D eigenvalue weighted by Gasteiger charge is -2.18. The number of aliphatic hydroxyl groups excluding tert-OH is 1. The van der Waals surface area contributed by atoms with Crippen LogP contribution in [0.5, 0.6) is 0 Å². The second kappa shape index (κ2) is 6.73. The quantitative estimate of drug-likeness (QED) is 0.766. The maximum Gasteiger partial charge on any atom is 0.200 e. The Morgan fingerprint density at radius 2 is 2.11 bits per heavy atom. The number of benzene rings is 1. The molecule has 0 aromatic heterocycles. The van der Waals surface area contributed by atoms with Gasteiger partial charge in [0.1, 0.15) is 0 Å². The molecular formula is C14H19BN2O2. The third-order valence-electron chi connectivity index (χ3n) is 3.59. The Labute approximate surface area is 115 Å². The molecule has 4 nitrogen and oxygen atoms in total. The normalized spacial score (nSPS) is 23.4. The molecule has 2 rings (SSSR count). The number of aliphatic hydroxyl groups is 1. The first-order chi connectivity index (χ1) is 9.19. The summed E-state index contributed by atoms with van der Waals surface area (Å²) in [6.07, 6.45) is 0.691. The number of amides is 1. The van der Waals surface area contributed by atoms with E-state index in [0.717, 1.165) is 19.6 Å². The Kier molecular flexibility index (Phi) is 4.99. The number of nitrogens with zero attached hydrogens (tertiary/aromatic N) is 1. The molecule has 1 amide bonds. The second-order valence-electron chi connectivity index (χ2n) is 5.07. The van der Waals surface area contributed by atoms with E-state index in [4.69, 9.17) is 13.0 Å². The van der Waals surface area contributed by atoms with Crippen LogP contribution in [0.4, 0.5) is 4.79 Å². The van der Waals surface area contributed by atoms with Crippen LogP contribution in [0.1, 0.15) is 12.0 Å². The standard InChI is InChI=1S/C14H19BN2O2/c15-14(19)16-13-10-17(9-12(13)6-7-18)8-11-4-2-1-3-5-11/h1-5,12-13,18H,6-10H2,(H,16,19). The van der Waals surface area contributed by atoms with Crippen LogP contribution >= 0.6 is 0 Å². The first-order valence-corrected chi connectivity index (χ1v) is 6.62. The Hall–Kier alpha value is -1.33. The summed E-state index contributed by atoms with van der Waals surface area (Å²) in [6.45, 7) is 2.66. The lowest BCUT2D eigenvalue weighted by atomic mass is 9.98. The molecule has 19 heavy (non-hydrogen) atoms. The van der Waals surface area contributed by atoms with E-state index >= 15 is 0 Å². The van der Waals surface area contributed by atoms with Gasteiger partial charge >= 0.3 is 0 Å². The molecule has 0 aliphatic carbocycles. The van der Waals surface area contributed by atoms with Crippen molar-refractivity contribution in [3.05, 3.63) is 35.9 Å². The van der Waals surface area contributed by atoms with E-state index in [1.165, 1.54) is 5.56 Å². The fourth-order valence-corrected chi connectivity index (χ4v) is 2.74. The van der Waals surface area contributed by atoms with Gasteiger partial charge < -0.3 is 10.4 Å². The summed E-state index contributed by atoms with van der Waals surface area (Å²) in [7, 11) is 5.20. The van der Waals surface area contributed by atoms with Gasteiger partial charge in [-0.05, 0) is 17.9 Å². The lowest BCUT2D eigenvalue weighted by Crippen LogP contribution is -2.40. The molecule has 1 aromatic carbocycles. The number of hydrogen-bond donors (Lipinski definition) is 2. The molecule has 0 spiro atoms. The highest BCUT2D eigenvalue weighted by Gasteiger charge is 2.32. The van der Waals surface area contributed by atoms with Crippen LogP contribution in [-0.2, 0) is 6.54 Å². The smallest absolute Gasteiger partial charge is 0.200 e. The summed E-state index contributed by atoms with van der Waals surface area (Å²) in [5.41, 5.74) is 1.25. The first kappa shape index (κ1) is 14.1. The van der Waals surface area contributed by atoms with Gasteiger partial charge in [0.15, 0.2) is 5.81 Å². The van der Waals surface area contributed by atoms with Gasteiger partial charge in [-0.1, -0.05) is 30.3 Å². The molecule has 2 N–H and O–H groups in total. The van der Waals surface area contributed by atoms with Crippen molar-refractivity contribution in [2.75, 3.05) is 19.7 Å². The van der Waals surface area contributed by atoms with Gasteiger partial charge in [-0.3, -0.25) is 9.69 Å². The van der Waals surface area contributed by atoms with Crippen LogP contribution in [-0.4, -0.2) is 49.4 Å². The minimum absolute atomic E-state index is 0.0355. The third-order valence-corrected chi connectivity index (χ3v) is 3.59. The molecule has 5 heteroatoms. The molecular weight excluding hydrogens is 239 g/mol. The Bertz CT molecular complexity index is 413. The Morgan fingerprint density at radius 1 is 1.37 bits per heavy atom. The van der Waals surface area contributed by atoms with Crippen LogP contribution in [0.25, 0.3) is 0 Å². The minimum atomic E-state index is -0.491. The summed E-state index contributed by atoms with van der Waals surface area (Å²) < 4.78 is 0. The van der Waals surface area contributed by atoms with Crippen LogP contribution in [0.3, 0.4) is 0 Å². The highest BCUT2D eigenvalue weighted by molar-refractivity contribution is 6.57. The predicted molar refractivity (Wildman–Crippen MR) is 75.0 cm³/mol. The van der Waals surface area contributed by atoms with Crippen molar-refractivity contribution in [2.45, 2.75) is 19.0 Å². The van der Waals surface area contributed by atoms with E-state index in [9.17, 15) is 4.79 Å². The third kappa shape index (κ3) is 4.08. The fourth-order valence-electron chi connectivity index (χ4n) is 2.74. The zero-order chi connectivity index (χ0) is 13.7. The van der Waals surface area contributed by atoms with Crippen molar-refractivity contribution in [3.63, 3.8) is 0 Å². The zero-order valence-corrected chi connectivity index (χ0v) is 11.0. The monoisotopic (exact) mass is 258 g/mol. The zero-order valence-electron chi connectivity index (χ0n) is 11.0. The number of likely N-dealkylation sites (tertiary alicyclic amines) is 1. The fraction of sp³-hybridized carbons (Fsp3) is 0.500. The van der Waals surface area contributed by atoms with Crippen molar-refractivity contribution in [1.82, 2.24) is 10.2 Å². The molecule has 2 radical (unpaired) electrons. The summed E-state index contributed by atoms with van der Waals surface area (Å²) in [4.78, 5) is 13.3. The predicted octanol–water partition coefficient (Wildman–Crippen LogP) is 0.747. The summed E-state index contributed by atoms with van der Waals surface area (Å²) in [5, 5.41) is 11.9. The van der Waals surface area contributed by atoms with Gasteiger partial charge in [-0.25, -0.2) is 0 Å². The molecule has 0 saturated carbocycles. The molecule has 1 aliphatic rings. The van der Waals surface area contributed by atoms with Crippen LogP contribution in [0.15, 0.2) is 30.3 Å². The molecule has 0 bridgehead atoms. The van der Waals surface area contributed by atoms with Gasteiger partial charge in [0, 0.05) is 32.3 Å². The highest BCUT2D eigenvalue weighted by Crippen LogP contribution is 2.22. The number of carbonyl (C=O) groups is 1. The average molecular weight is 258 g/mol. The highest BCUT2D eigenvalue weighted by atomic mass is 16.3. The van der Waals surface area contributed by atoms with Crippen molar-refractivity contribution >= 4 is 13.7 Å². The molecule has 1 saturated heterocycles. The summed E-state index contributed by atoms with van der Waals surface area (Å²) in [5.74, 6) is -0.226. The van der Waals surface area contributed by atoms with Crippen LogP contribution in [0, 0.1) is 5.92 Å². The van der Waals surface area contributed by atoms with E-state index in [-0.39, 0.29) is 18.6 Å². The number of nitrogens with one attached hydrogen (secondary N) is 1.